The molecule has 0 fully saturated rings. The Labute approximate surface area is 55.8 Å². The van der Waals surface area contributed by atoms with Crippen LogP contribution in [0.1, 0.15) is 13.8 Å². The second-order valence-electron chi connectivity index (χ2n) is 1.27. The molecule has 4 heteroatoms. The SMILES string of the molecule is CCNCC.NCN=O. The molecule has 9 heavy (non-hydrogen) atoms. The largest absolute Gasteiger partial charge is 0.317 e. The molecule has 0 bridgehead atoms. The van der Waals surface area contributed by atoms with E-state index in [1.54, 1.807) is 0 Å². The van der Waals surface area contributed by atoms with Crippen molar-refractivity contribution in [3.8, 4) is 0 Å². The minimum Gasteiger partial charge on any atom is -0.317 e. The van der Waals surface area contributed by atoms with Crippen molar-refractivity contribution in [3.05, 3.63) is 4.91 Å². The predicted molar refractivity (Wildman–Crippen MR) is 39.1 cm³/mol. The first-order valence-electron chi connectivity index (χ1n) is 3.03. The number of nitrogens with zero attached hydrogens (tertiary/aromatic N) is 1. The Balaban J connectivity index is 0. The van der Waals surface area contributed by atoms with E-state index >= 15 is 0 Å². The third-order valence-electron chi connectivity index (χ3n) is 0.575. The van der Waals surface area contributed by atoms with Gasteiger partial charge in [0.25, 0.3) is 0 Å². The van der Waals surface area contributed by atoms with Crippen LogP contribution >= 0.6 is 0 Å². The highest BCUT2D eigenvalue weighted by molar-refractivity contribution is 4.27. The predicted octanol–water partition coefficient (Wildman–Crippen LogP) is 0.285. The zero-order chi connectivity index (χ0) is 7.54. The third kappa shape index (κ3) is 36.1. The molecule has 0 aliphatic heterocycles. The molecule has 0 unspecified atom stereocenters. The molecule has 0 aliphatic rings. The topological polar surface area (TPSA) is 67.5 Å². The van der Waals surface area contributed by atoms with Crippen molar-refractivity contribution in [2.24, 2.45) is 10.9 Å². The summed E-state index contributed by atoms with van der Waals surface area (Å²) in [5, 5.41) is 5.38. The number of rotatable bonds is 3. The molecule has 0 saturated heterocycles. The summed E-state index contributed by atoms with van der Waals surface area (Å²) in [5.74, 6) is 0. The molecule has 4 nitrogen and oxygen atoms in total. The Hall–Kier alpha value is -0.480. The van der Waals surface area contributed by atoms with E-state index in [0.717, 1.165) is 13.1 Å². The van der Waals surface area contributed by atoms with Gasteiger partial charge in [-0.25, -0.2) is 0 Å². The maximum Gasteiger partial charge on any atom is 0.129 e. The average Bonchev–Trinajstić information content (AvgIpc) is 1.91. The van der Waals surface area contributed by atoms with Crippen LogP contribution in [0.25, 0.3) is 0 Å². The molecule has 56 valence electrons. The zero-order valence-corrected chi connectivity index (χ0v) is 6.05. The fourth-order valence-electron chi connectivity index (χ4n) is 0.250. The number of nitrogens with one attached hydrogen (secondary N) is 1. The van der Waals surface area contributed by atoms with Crippen LogP contribution in [0.4, 0.5) is 0 Å². The molecule has 0 rings (SSSR count). The summed E-state index contributed by atoms with van der Waals surface area (Å²) in [6.07, 6.45) is 0. The van der Waals surface area contributed by atoms with Gasteiger partial charge in [0, 0.05) is 0 Å². The second-order valence-corrected chi connectivity index (χ2v) is 1.27. The van der Waals surface area contributed by atoms with Gasteiger partial charge in [0.1, 0.15) is 6.67 Å². The summed E-state index contributed by atoms with van der Waals surface area (Å²) in [7, 11) is 0. The Morgan fingerprint density at radius 1 is 1.44 bits per heavy atom. The number of hydrogen-bond donors (Lipinski definition) is 2. The maximum absolute atomic E-state index is 8.80. The standard InChI is InChI=1S/C4H11N.CH4N2O/c1-3-5-4-2;2-1-3-4/h5H,3-4H2,1-2H3;1-2H2. The number of nitrogens with two attached hydrogens (primary N) is 1. The van der Waals surface area contributed by atoms with Crippen LogP contribution in [0.3, 0.4) is 0 Å². The van der Waals surface area contributed by atoms with Crippen molar-refractivity contribution >= 4 is 0 Å². The fraction of sp³-hybridized carbons (Fsp3) is 1.00. The van der Waals surface area contributed by atoms with Crippen LogP contribution in [0.5, 0.6) is 0 Å². The minimum absolute atomic E-state index is 0.111. The van der Waals surface area contributed by atoms with E-state index < -0.39 is 0 Å². The molecule has 0 saturated carbocycles. The normalized spacial score (nSPS) is 7.44. The van der Waals surface area contributed by atoms with Crippen molar-refractivity contribution in [3.63, 3.8) is 0 Å². The molecule has 0 spiro atoms. The van der Waals surface area contributed by atoms with Crippen LogP contribution in [0.15, 0.2) is 5.18 Å². The Kier molecular flexibility index (Phi) is 19.7. The maximum atomic E-state index is 8.80. The van der Waals surface area contributed by atoms with E-state index in [1.807, 2.05) is 0 Å². The van der Waals surface area contributed by atoms with Gasteiger partial charge in [-0.1, -0.05) is 19.0 Å². The number of nitroso groups, excluding NO2 is 1. The molecule has 0 atom stereocenters. The fourth-order valence-corrected chi connectivity index (χ4v) is 0.250. The zero-order valence-electron chi connectivity index (χ0n) is 6.05. The van der Waals surface area contributed by atoms with E-state index in [-0.39, 0.29) is 6.67 Å². The molecule has 0 aliphatic carbocycles. The van der Waals surface area contributed by atoms with Gasteiger partial charge in [-0.15, -0.1) is 4.91 Å². The Morgan fingerprint density at radius 2 is 1.78 bits per heavy atom. The lowest BCUT2D eigenvalue weighted by atomic mass is 10.7. The van der Waals surface area contributed by atoms with Crippen LogP contribution < -0.4 is 11.1 Å². The van der Waals surface area contributed by atoms with Crippen molar-refractivity contribution in [1.29, 1.82) is 0 Å². The van der Waals surface area contributed by atoms with Gasteiger partial charge >= 0.3 is 0 Å². The highest BCUT2D eigenvalue weighted by Gasteiger charge is 1.62. The molecule has 0 aromatic rings. The van der Waals surface area contributed by atoms with E-state index in [4.69, 9.17) is 4.91 Å². The van der Waals surface area contributed by atoms with Gasteiger partial charge in [-0.2, -0.15) is 0 Å². The second kappa shape index (κ2) is 15.6. The molecular formula is C5H15N3O. The van der Waals surface area contributed by atoms with Crippen molar-refractivity contribution < 1.29 is 0 Å². The molecule has 0 amide bonds. The first-order valence-corrected chi connectivity index (χ1v) is 3.03. The lowest BCUT2D eigenvalue weighted by molar-refractivity contribution is 0.762. The average molecular weight is 133 g/mol. The Morgan fingerprint density at radius 3 is 1.78 bits per heavy atom. The smallest absolute Gasteiger partial charge is 0.129 e. The van der Waals surface area contributed by atoms with Crippen LogP contribution in [-0.2, 0) is 0 Å². The highest BCUT2D eigenvalue weighted by Crippen LogP contribution is 1.47. The van der Waals surface area contributed by atoms with E-state index in [0.29, 0.717) is 0 Å². The van der Waals surface area contributed by atoms with Crippen molar-refractivity contribution in [1.82, 2.24) is 5.32 Å². The lowest BCUT2D eigenvalue weighted by Crippen LogP contribution is -2.09. The monoisotopic (exact) mass is 133 g/mol. The molecule has 0 heterocycles. The summed E-state index contributed by atoms with van der Waals surface area (Å²) >= 11 is 0. The first kappa shape index (κ1) is 11.3. The van der Waals surface area contributed by atoms with Gasteiger partial charge in [0.15, 0.2) is 0 Å². The molecule has 0 aromatic carbocycles. The first-order chi connectivity index (χ1) is 4.33. The van der Waals surface area contributed by atoms with E-state index in [9.17, 15) is 0 Å². The third-order valence-corrected chi connectivity index (χ3v) is 0.575. The van der Waals surface area contributed by atoms with E-state index in [2.05, 4.69) is 30.1 Å². The summed E-state index contributed by atoms with van der Waals surface area (Å²) < 4.78 is 0. The summed E-state index contributed by atoms with van der Waals surface area (Å²) in [4.78, 5) is 8.80. The highest BCUT2D eigenvalue weighted by atomic mass is 16.3. The minimum atomic E-state index is -0.111. The van der Waals surface area contributed by atoms with E-state index in [1.165, 1.54) is 0 Å². The molecule has 0 aromatic heterocycles. The van der Waals surface area contributed by atoms with Gasteiger partial charge in [0.05, 0.1) is 0 Å². The van der Waals surface area contributed by atoms with Crippen molar-refractivity contribution in [2.75, 3.05) is 19.8 Å². The van der Waals surface area contributed by atoms with Gasteiger partial charge in [0.2, 0.25) is 0 Å². The van der Waals surface area contributed by atoms with Gasteiger partial charge in [-0.05, 0) is 13.1 Å². The Bertz CT molecular complexity index is 47.5. The quantitative estimate of drug-likeness (QED) is 0.543. The molecule has 3 N–H and O–H groups in total. The van der Waals surface area contributed by atoms with Crippen LogP contribution in [0.2, 0.25) is 0 Å². The van der Waals surface area contributed by atoms with Gasteiger partial charge < -0.3 is 11.1 Å². The lowest BCUT2D eigenvalue weighted by Gasteiger charge is -1.86. The van der Waals surface area contributed by atoms with Crippen LogP contribution in [0, 0.1) is 4.91 Å². The van der Waals surface area contributed by atoms with Crippen molar-refractivity contribution in [2.45, 2.75) is 13.8 Å². The summed E-state index contributed by atoms with van der Waals surface area (Å²) in [6.45, 7) is 6.28. The van der Waals surface area contributed by atoms with Gasteiger partial charge in [-0.3, -0.25) is 0 Å². The molecular weight excluding hydrogens is 118 g/mol. The summed E-state index contributed by atoms with van der Waals surface area (Å²) in [6, 6.07) is 0. The molecule has 0 radical (unpaired) electrons. The van der Waals surface area contributed by atoms with Crippen LogP contribution in [-0.4, -0.2) is 19.8 Å². The summed E-state index contributed by atoms with van der Waals surface area (Å²) in [5.41, 5.74) is 4.55. The number of hydrogen-bond acceptors (Lipinski definition) is 4.